The zero-order valence-electron chi connectivity index (χ0n) is 9.39. The van der Waals surface area contributed by atoms with Crippen LogP contribution in [0.25, 0.3) is 0 Å². The largest absolute Gasteiger partial charge is 0.325 e. The lowest BCUT2D eigenvalue weighted by Crippen LogP contribution is -2.25. The Morgan fingerprint density at radius 3 is 2.60 bits per heavy atom. The van der Waals surface area contributed by atoms with Gasteiger partial charge >= 0.3 is 0 Å². The number of rotatable bonds is 3. The van der Waals surface area contributed by atoms with Crippen LogP contribution in [0.1, 0.15) is 43.7 Å². The molecular weight excluding hydrogens is 206 g/mol. The molecule has 0 radical (unpaired) electrons. The molecule has 0 amide bonds. The van der Waals surface area contributed by atoms with E-state index in [-0.39, 0.29) is 5.54 Å². The minimum atomic E-state index is 0.0638. The van der Waals surface area contributed by atoms with E-state index >= 15 is 0 Å². The molecule has 0 saturated heterocycles. The van der Waals surface area contributed by atoms with E-state index in [2.05, 4.69) is 26.0 Å². The topological polar surface area (TPSA) is 26.0 Å². The lowest BCUT2D eigenvalue weighted by Gasteiger charge is -2.16. The SMILES string of the molecule is CC(C)c1ccc(Cl)cc1CC1(N)CC1. The quantitative estimate of drug-likeness (QED) is 0.834. The molecule has 1 fully saturated rings. The van der Waals surface area contributed by atoms with Gasteiger partial charge in [-0.05, 0) is 48.4 Å². The molecule has 82 valence electrons. The van der Waals surface area contributed by atoms with E-state index in [0.29, 0.717) is 5.92 Å². The monoisotopic (exact) mass is 223 g/mol. The summed E-state index contributed by atoms with van der Waals surface area (Å²) in [6.07, 6.45) is 3.27. The van der Waals surface area contributed by atoms with Gasteiger partial charge in [0.25, 0.3) is 0 Å². The van der Waals surface area contributed by atoms with Gasteiger partial charge in [-0.1, -0.05) is 31.5 Å². The van der Waals surface area contributed by atoms with Crippen molar-refractivity contribution >= 4 is 11.6 Å². The van der Waals surface area contributed by atoms with E-state index < -0.39 is 0 Å². The molecule has 1 saturated carbocycles. The van der Waals surface area contributed by atoms with Gasteiger partial charge in [-0.3, -0.25) is 0 Å². The predicted molar refractivity (Wildman–Crippen MR) is 65.4 cm³/mol. The van der Waals surface area contributed by atoms with Crippen molar-refractivity contribution in [1.29, 1.82) is 0 Å². The van der Waals surface area contributed by atoms with Crippen molar-refractivity contribution in [2.45, 2.75) is 44.6 Å². The summed E-state index contributed by atoms with van der Waals surface area (Å²) >= 11 is 6.03. The maximum Gasteiger partial charge on any atom is 0.0408 e. The molecule has 1 aromatic rings. The number of hydrogen-bond donors (Lipinski definition) is 1. The van der Waals surface area contributed by atoms with E-state index in [9.17, 15) is 0 Å². The molecule has 0 aliphatic heterocycles. The van der Waals surface area contributed by atoms with Crippen LogP contribution in [-0.2, 0) is 6.42 Å². The van der Waals surface area contributed by atoms with Gasteiger partial charge in [-0.2, -0.15) is 0 Å². The molecule has 1 aliphatic rings. The molecule has 1 aliphatic carbocycles. The number of benzene rings is 1. The molecule has 2 N–H and O–H groups in total. The molecule has 2 heteroatoms. The lowest BCUT2D eigenvalue weighted by molar-refractivity contribution is 0.662. The van der Waals surface area contributed by atoms with E-state index in [1.54, 1.807) is 0 Å². The highest BCUT2D eigenvalue weighted by molar-refractivity contribution is 6.30. The van der Waals surface area contributed by atoms with Crippen molar-refractivity contribution < 1.29 is 0 Å². The Balaban J connectivity index is 2.29. The molecule has 15 heavy (non-hydrogen) atoms. The van der Waals surface area contributed by atoms with Gasteiger partial charge in [-0.15, -0.1) is 0 Å². The number of hydrogen-bond acceptors (Lipinski definition) is 1. The van der Waals surface area contributed by atoms with Crippen LogP contribution in [0, 0.1) is 0 Å². The van der Waals surface area contributed by atoms with Crippen LogP contribution in [0.2, 0.25) is 5.02 Å². The van der Waals surface area contributed by atoms with Crippen molar-refractivity contribution in [2.24, 2.45) is 5.73 Å². The molecule has 0 atom stereocenters. The van der Waals surface area contributed by atoms with E-state index in [4.69, 9.17) is 17.3 Å². The van der Waals surface area contributed by atoms with Crippen LogP contribution >= 0.6 is 11.6 Å². The molecule has 2 rings (SSSR count). The summed E-state index contributed by atoms with van der Waals surface area (Å²) in [5.41, 5.74) is 8.93. The van der Waals surface area contributed by atoms with E-state index in [0.717, 1.165) is 24.3 Å². The van der Waals surface area contributed by atoms with Crippen LogP contribution in [0.15, 0.2) is 18.2 Å². The van der Waals surface area contributed by atoms with Crippen molar-refractivity contribution in [3.8, 4) is 0 Å². The highest BCUT2D eigenvalue weighted by Crippen LogP contribution is 2.37. The first-order chi connectivity index (χ1) is 7.00. The Morgan fingerprint density at radius 1 is 1.40 bits per heavy atom. The van der Waals surface area contributed by atoms with Gasteiger partial charge in [0.2, 0.25) is 0 Å². The standard InChI is InChI=1S/C13H18ClN/c1-9(2)12-4-3-11(14)7-10(12)8-13(15)5-6-13/h3-4,7,9H,5-6,8,15H2,1-2H3. The van der Waals surface area contributed by atoms with Gasteiger partial charge in [0.15, 0.2) is 0 Å². The van der Waals surface area contributed by atoms with Gasteiger partial charge in [0, 0.05) is 10.6 Å². The number of nitrogens with two attached hydrogens (primary N) is 1. The Morgan fingerprint density at radius 2 is 2.07 bits per heavy atom. The fourth-order valence-electron chi connectivity index (χ4n) is 2.01. The number of halogens is 1. The predicted octanol–water partition coefficient (Wildman–Crippen LogP) is 3.50. The third kappa shape index (κ3) is 2.53. The van der Waals surface area contributed by atoms with Crippen LogP contribution < -0.4 is 5.73 Å². The van der Waals surface area contributed by atoms with Crippen molar-refractivity contribution in [3.05, 3.63) is 34.3 Å². The fraction of sp³-hybridized carbons (Fsp3) is 0.538. The van der Waals surface area contributed by atoms with Crippen LogP contribution in [0.5, 0.6) is 0 Å². The second kappa shape index (κ2) is 3.80. The fourth-order valence-corrected chi connectivity index (χ4v) is 2.20. The zero-order valence-corrected chi connectivity index (χ0v) is 10.1. The third-order valence-corrected chi connectivity index (χ3v) is 3.40. The maximum atomic E-state index is 6.15. The third-order valence-electron chi connectivity index (χ3n) is 3.16. The Labute approximate surface area is 96.6 Å². The van der Waals surface area contributed by atoms with E-state index in [1.165, 1.54) is 11.1 Å². The molecule has 0 bridgehead atoms. The lowest BCUT2D eigenvalue weighted by atomic mass is 9.92. The first kappa shape index (κ1) is 11.0. The average molecular weight is 224 g/mol. The van der Waals surface area contributed by atoms with Gasteiger partial charge < -0.3 is 5.73 Å². The minimum absolute atomic E-state index is 0.0638. The molecule has 0 aromatic heterocycles. The van der Waals surface area contributed by atoms with Crippen molar-refractivity contribution in [2.75, 3.05) is 0 Å². The molecule has 1 nitrogen and oxygen atoms in total. The molecular formula is C13H18ClN. The summed E-state index contributed by atoms with van der Waals surface area (Å²) in [5, 5.41) is 0.818. The van der Waals surface area contributed by atoms with Crippen LogP contribution in [0.4, 0.5) is 0 Å². The summed E-state index contributed by atoms with van der Waals surface area (Å²) in [4.78, 5) is 0. The Hall–Kier alpha value is -0.530. The highest BCUT2D eigenvalue weighted by Gasteiger charge is 2.38. The highest BCUT2D eigenvalue weighted by atomic mass is 35.5. The second-order valence-electron chi connectivity index (χ2n) is 5.04. The average Bonchev–Trinajstić information content (AvgIpc) is 2.82. The summed E-state index contributed by atoms with van der Waals surface area (Å²) in [6, 6.07) is 6.17. The van der Waals surface area contributed by atoms with E-state index in [1.807, 2.05) is 6.07 Å². The zero-order chi connectivity index (χ0) is 11.1. The van der Waals surface area contributed by atoms with Crippen molar-refractivity contribution in [1.82, 2.24) is 0 Å². The maximum absolute atomic E-state index is 6.15. The van der Waals surface area contributed by atoms with Gasteiger partial charge in [0.05, 0.1) is 0 Å². The summed E-state index contributed by atoms with van der Waals surface area (Å²) < 4.78 is 0. The summed E-state index contributed by atoms with van der Waals surface area (Å²) in [7, 11) is 0. The Bertz CT molecular complexity index is 367. The first-order valence-electron chi connectivity index (χ1n) is 5.57. The molecule has 0 heterocycles. The van der Waals surface area contributed by atoms with Gasteiger partial charge in [-0.25, -0.2) is 0 Å². The summed E-state index contributed by atoms with van der Waals surface area (Å²) in [6.45, 7) is 4.42. The minimum Gasteiger partial charge on any atom is -0.325 e. The second-order valence-corrected chi connectivity index (χ2v) is 5.47. The smallest absolute Gasteiger partial charge is 0.0408 e. The van der Waals surface area contributed by atoms with Crippen LogP contribution in [0.3, 0.4) is 0 Å². The molecule has 1 aromatic carbocycles. The molecule has 0 spiro atoms. The normalized spacial score (nSPS) is 18.2. The summed E-state index contributed by atoms with van der Waals surface area (Å²) in [5.74, 6) is 0.541. The van der Waals surface area contributed by atoms with Crippen molar-refractivity contribution in [3.63, 3.8) is 0 Å². The van der Waals surface area contributed by atoms with Gasteiger partial charge in [0.1, 0.15) is 0 Å². The van der Waals surface area contributed by atoms with Crippen LogP contribution in [-0.4, -0.2) is 5.54 Å². The molecule has 0 unspecified atom stereocenters. The first-order valence-corrected chi connectivity index (χ1v) is 5.95. The Kier molecular flexibility index (Phi) is 2.78.